The van der Waals surface area contributed by atoms with Crippen LogP contribution in [0.4, 0.5) is 11.4 Å². The minimum absolute atomic E-state index is 0.0533. The van der Waals surface area contributed by atoms with Gasteiger partial charge in [0, 0.05) is 42.7 Å². The molecule has 2 N–H and O–H groups in total. The number of aliphatic hydroxyl groups excluding tert-OH is 1. The number of fused-ring (bicyclic) bond motifs is 1. The van der Waals surface area contributed by atoms with Crippen molar-refractivity contribution in [3.8, 4) is 0 Å². The smallest absolute Gasteiger partial charge is 0.269 e. The van der Waals surface area contributed by atoms with Gasteiger partial charge < -0.3 is 10.0 Å². The quantitative estimate of drug-likeness (QED) is 0.278. The van der Waals surface area contributed by atoms with Gasteiger partial charge in [-0.15, -0.1) is 0 Å². The number of nitro benzene ring substituents is 1. The van der Waals surface area contributed by atoms with Gasteiger partial charge in [-0.2, -0.15) is 0 Å². The maximum absolute atomic E-state index is 12.0. The zero-order valence-electron chi connectivity index (χ0n) is 19.5. The SMILES string of the molecule is CCCCC1(CCCC)NSc2ccc(N(C)C)cc2[C@@H](c2cccc([N+](=O)[O-])c2)[C@@H]1O. The van der Waals surface area contributed by atoms with Gasteiger partial charge in [0.1, 0.15) is 0 Å². The van der Waals surface area contributed by atoms with Gasteiger partial charge >= 0.3 is 0 Å². The highest BCUT2D eigenvalue weighted by Crippen LogP contribution is 2.46. The highest BCUT2D eigenvalue weighted by Gasteiger charge is 2.45. The van der Waals surface area contributed by atoms with Crippen molar-refractivity contribution in [2.45, 2.75) is 74.8 Å². The fourth-order valence-corrected chi connectivity index (χ4v) is 5.63. The van der Waals surface area contributed by atoms with Crippen LogP contribution in [0, 0.1) is 10.1 Å². The molecule has 2 atom stereocenters. The van der Waals surface area contributed by atoms with Crippen LogP contribution in [-0.4, -0.2) is 35.8 Å². The van der Waals surface area contributed by atoms with Crippen LogP contribution in [0.1, 0.15) is 69.4 Å². The molecule has 174 valence electrons. The number of hydrogen-bond donors (Lipinski definition) is 2. The number of nitrogens with one attached hydrogen (secondary N) is 1. The van der Waals surface area contributed by atoms with E-state index in [0.717, 1.165) is 60.2 Å². The number of anilines is 1. The van der Waals surface area contributed by atoms with Crippen LogP contribution >= 0.6 is 11.9 Å². The molecular weight excluding hydrogens is 422 g/mol. The van der Waals surface area contributed by atoms with Gasteiger partial charge in [0.2, 0.25) is 0 Å². The van der Waals surface area contributed by atoms with E-state index in [1.165, 1.54) is 6.07 Å². The first-order valence-electron chi connectivity index (χ1n) is 11.5. The number of rotatable bonds is 9. The Morgan fingerprint density at radius 1 is 1.12 bits per heavy atom. The van der Waals surface area contributed by atoms with Crippen LogP contribution in [0.3, 0.4) is 0 Å². The summed E-state index contributed by atoms with van der Waals surface area (Å²) in [6, 6.07) is 13.1. The molecular formula is C25H35N3O3S. The zero-order chi connectivity index (χ0) is 23.3. The molecule has 0 spiro atoms. The van der Waals surface area contributed by atoms with Crippen LogP contribution in [0.15, 0.2) is 47.4 Å². The average molecular weight is 458 g/mol. The summed E-state index contributed by atoms with van der Waals surface area (Å²) in [7, 11) is 3.99. The third kappa shape index (κ3) is 5.11. The monoisotopic (exact) mass is 457 g/mol. The predicted molar refractivity (Wildman–Crippen MR) is 132 cm³/mol. The van der Waals surface area contributed by atoms with Gasteiger partial charge in [0.05, 0.1) is 16.6 Å². The van der Waals surface area contributed by atoms with Crippen LogP contribution < -0.4 is 9.62 Å². The Kier molecular flexibility index (Phi) is 8.20. The van der Waals surface area contributed by atoms with Gasteiger partial charge in [0.25, 0.3) is 5.69 Å². The van der Waals surface area contributed by atoms with Gasteiger partial charge in [-0.05, 0) is 54.1 Å². The first-order chi connectivity index (χ1) is 15.3. The third-order valence-corrected chi connectivity index (χ3v) is 7.58. The summed E-state index contributed by atoms with van der Waals surface area (Å²) < 4.78 is 3.68. The molecule has 1 aliphatic heterocycles. The molecule has 6 nitrogen and oxygen atoms in total. The van der Waals surface area contributed by atoms with Crippen molar-refractivity contribution in [3.05, 3.63) is 63.7 Å². The standard InChI is InChI=1S/C25H35N3O3S/c1-5-7-14-25(15-8-6-2)24(29)23(18-10-9-11-20(16-18)28(30)31)21-17-19(27(3)4)12-13-22(21)32-26-25/h9-13,16-17,23-24,26,29H,5-8,14-15H2,1-4H3/t23-,24+/m1/s1. The summed E-state index contributed by atoms with van der Waals surface area (Å²) in [4.78, 5) is 14.2. The number of non-ortho nitro benzene ring substituents is 1. The van der Waals surface area contributed by atoms with E-state index in [4.69, 9.17) is 0 Å². The number of hydrogen-bond acceptors (Lipinski definition) is 6. The van der Waals surface area contributed by atoms with E-state index in [0.29, 0.717) is 0 Å². The maximum Gasteiger partial charge on any atom is 0.269 e. The molecule has 2 aromatic rings. The van der Waals surface area contributed by atoms with E-state index < -0.39 is 11.6 Å². The fourth-order valence-electron chi connectivity index (χ4n) is 4.56. The Hall–Kier alpha value is -2.09. The first kappa shape index (κ1) is 24.6. The molecule has 2 aromatic carbocycles. The molecule has 1 aliphatic rings. The normalized spacial score (nSPS) is 19.8. The lowest BCUT2D eigenvalue weighted by molar-refractivity contribution is -0.384. The molecule has 32 heavy (non-hydrogen) atoms. The van der Waals surface area contributed by atoms with Gasteiger partial charge in [-0.3, -0.25) is 14.8 Å². The molecule has 0 saturated heterocycles. The number of unbranched alkanes of at least 4 members (excludes halogenated alkanes) is 2. The lowest BCUT2D eigenvalue weighted by Gasteiger charge is -2.41. The molecule has 0 aliphatic carbocycles. The molecule has 1 heterocycles. The third-order valence-electron chi connectivity index (χ3n) is 6.48. The highest BCUT2D eigenvalue weighted by atomic mass is 32.2. The lowest BCUT2D eigenvalue weighted by atomic mass is 9.73. The summed E-state index contributed by atoms with van der Waals surface area (Å²) in [5, 5.41) is 23.5. The number of nitro groups is 1. The maximum atomic E-state index is 12.0. The Morgan fingerprint density at radius 2 is 1.81 bits per heavy atom. The molecule has 0 fully saturated rings. The van der Waals surface area contributed by atoms with Crippen molar-refractivity contribution >= 4 is 23.3 Å². The van der Waals surface area contributed by atoms with Crippen LogP contribution in [-0.2, 0) is 0 Å². The molecule has 0 radical (unpaired) electrons. The van der Waals surface area contributed by atoms with Crippen molar-refractivity contribution in [1.82, 2.24) is 4.72 Å². The Morgan fingerprint density at radius 3 is 2.41 bits per heavy atom. The van der Waals surface area contributed by atoms with Crippen LogP contribution in [0.5, 0.6) is 0 Å². The van der Waals surface area contributed by atoms with Crippen molar-refractivity contribution < 1.29 is 10.0 Å². The number of benzene rings is 2. The molecule has 3 rings (SSSR count). The molecule has 0 amide bonds. The molecule has 0 aromatic heterocycles. The van der Waals surface area contributed by atoms with Crippen molar-refractivity contribution in [2.75, 3.05) is 19.0 Å². The van der Waals surface area contributed by atoms with Crippen molar-refractivity contribution in [3.63, 3.8) is 0 Å². The summed E-state index contributed by atoms with van der Waals surface area (Å²) in [6.45, 7) is 4.33. The topological polar surface area (TPSA) is 78.6 Å². The Labute approximate surface area is 195 Å². The minimum Gasteiger partial charge on any atom is -0.390 e. The second-order valence-corrected chi connectivity index (χ2v) is 9.81. The number of nitrogens with zero attached hydrogens (tertiary/aromatic N) is 2. The van der Waals surface area contributed by atoms with E-state index >= 15 is 0 Å². The summed E-state index contributed by atoms with van der Waals surface area (Å²) in [6.07, 6.45) is 5.12. The predicted octanol–water partition coefficient (Wildman–Crippen LogP) is 5.88. The zero-order valence-corrected chi connectivity index (χ0v) is 20.3. The van der Waals surface area contributed by atoms with E-state index in [-0.39, 0.29) is 16.5 Å². The second-order valence-electron chi connectivity index (χ2n) is 8.96. The Balaban J connectivity index is 2.20. The lowest BCUT2D eigenvalue weighted by Crippen LogP contribution is -2.53. The molecule has 0 bridgehead atoms. The molecule has 7 heteroatoms. The van der Waals surface area contributed by atoms with Crippen molar-refractivity contribution in [2.24, 2.45) is 0 Å². The summed E-state index contributed by atoms with van der Waals surface area (Å²) >= 11 is 1.59. The Bertz CT molecular complexity index is 926. The highest BCUT2D eigenvalue weighted by molar-refractivity contribution is 7.97. The summed E-state index contributed by atoms with van der Waals surface area (Å²) in [5.74, 6) is -0.360. The fraction of sp³-hybridized carbons (Fsp3) is 0.520. The largest absolute Gasteiger partial charge is 0.390 e. The van der Waals surface area contributed by atoms with Gasteiger partial charge in [-0.25, -0.2) is 0 Å². The number of aliphatic hydroxyl groups is 1. The van der Waals surface area contributed by atoms with Crippen LogP contribution in [0.25, 0.3) is 0 Å². The van der Waals surface area contributed by atoms with E-state index in [9.17, 15) is 15.2 Å². The van der Waals surface area contributed by atoms with E-state index in [2.05, 4.69) is 36.8 Å². The van der Waals surface area contributed by atoms with Crippen molar-refractivity contribution in [1.29, 1.82) is 0 Å². The van der Waals surface area contributed by atoms with Crippen LogP contribution in [0.2, 0.25) is 0 Å². The average Bonchev–Trinajstić information content (AvgIpc) is 2.90. The summed E-state index contributed by atoms with van der Waals surface area (Å²) in [5.41, 5.74) is 2.42. The van der Waals surface area contributed by atoms with E-state index in [1.54, 1.807) is 24.1 Å². The second kappa shape index (κ2) is 10.7. The van der Waals surface area contributed by atoms with E-state index in [1.807, 2.05) is 25.1 Å². The molecule has 0 unspecified atom stereocenters. The first-order valence-corrected chi connectivity index (χ1v) is 12.3. The van der Waals surface area contributed by atoms with Gasteiger partial charge in [0.15, 0.2) is 0 Å². The van der Waals surface area contributed by atoms with Gasteiger partial charge in [-0.1, -0.05) is 51.7 Å². The molecule has 0 saturated carbocycles. The minimum atomic E-state index is -0.714.